The van der Waals surface area contributed by atoms with Gasteiger partial charge in [0.25, 0.3) is 0 Å². The first-order valence-electron chi connectivity index (χ1n) is 9.25. The molecule has 4 N–H and O–H groups in total. The Labute approximate surface area is 168 Å². The molecule has 0 aromatic heterocycles. The largest absolute Gasteiger partial charge is 0.494 e. The molecule has 1 heterocycles. The monoisotopic (exact) mass is 408 g/mol. The topological polar surface area (TPSA) is 99.4 Å². The van der Waals surface area contributed by atoms with Crippen molar-refractivity contribution in [3.63, 3.8) is 0 Å². The highest BCUT2D eigenvalue weighted by Crippen LogP contribution is 2.34. The number of ether oxygens (including phenoxy) is 2. The molecule has 1 saturated heterocycles. The molecule has 0 aliphatic carbocycles. The van der Waals surface area contributed by atoms with E-state index in [-0.39, 0.29) is 0 Å². The van der Waals surface area contributed by atoms with E-state index in [4.69, 9.17) is 21.1 Å². The van der Waals surface area contributed by atoms with Crippen LogP contribution in [0, 0.1) is 0 Å². The van der Waals surface area contributed by atoms with Crippen molar-refractivity contribution in [1.82, 2.24) is 0 Å². The summed E-state index contributed by atoms with van der Waals surface area (Å²) in [5, 5.41) is 40.3. The Morgan fingerprint density at radius 2 is 1.71 bits per heavy atom. The maximum Gasteiger partial charge on any atom is 0.119 e. The summed E-state index contributed by atoms with van der Waals surface area (Å²) >= 11 is 6.35. The average molecular weight is 409 g/mol. The lowest BCUT2D eigenvalue weighted by Gasteiger charge is -2.40. The first kappa shape index (κ1) is 21.0. The van der Waals surface area contributed by atoms with Crippen LogP contribution < -0.4 is 4.74 Å². The maximum absolute atomic E-state index is 10.3. The Morgan fingerprint density at radius 3 is 2.36 bits per heavy atom. The van der Waals surface area contributed by atoms with Crippen LogP contribution in [-0.2, 0) is 11.2 Å². The zero-order valence-corrected chi connectivity index (χ0v) is 16.3. The van der Waals surface area contributed by atoms with Gasteiger partial charge >= 0.3 is 0 Å². The molecule has 0 bridgehead atoms. The second-order valence-electron chi connectivity index (χ2n) is 6.85. The second kappa shape index (κ2) is 9.22. The molecule has 7 heteroatoms. The third-order valence-corrected chi connectivity index (χ3v) is 5.29. The zero-order valence-electron chi connectivity index (χ0n) is 15.5. The molecule has 0 saturated carbocycles. The molecule has 2 aromatic carbocycles. The molecule has 5 atom stereocenters. The van der Waals surface area contributed by atoms with Crippen LogP contribution in [0.3, 0.4) is 0 Å². The standard InChI is InChI=1S/C21H25ClO6/c1-2-27-15-6-3-12(4-7-15)9-14-10-13(5-8-16(14)22)21-20(26)19(25)18(24)17(11-23)28-21/h3-8,10,17-21,23-26H,2,9,11H2,1H3/t17?,18-,19+,20+,21+/m1/s1. The normalized spacial score (nSPS) is 27.6. The van der Waals surface area contributed by atoms with Crippen LogP contribution in [0.4, 0.5) is 0 Å². The summed E-state index contributed by atoms with van der Waals surface area (Å²) in [5.74, 6) is 0.799. The fraction of sp³-hybridized carbons (Fsp3) is 0.429. The third kappa shape index (κ3) is 4.49. The molecule has 3 rings (SSSR count). The third-order valence-electron chi connectivity index (χ3n) is 4.92. The van der Waals surface area contributed by atoms with Gasteiger partial charge in [0.2, 0.25) is 0 Å². The van der Waals surface area contributed by atoms with Crippen molar-refractivity contribution in [2.75, 3.05) is 13.2 Å². The molecule has 0 amide bonds. The Kier molecular flexibility index (Phi) is 6.93. The van der Waals surface area contributed by atoms with Crippen molar-refractivity contribution in [3.8, 4) is 5.75 Å². The van der Waals surface area contributed by atoms with E-state index in [1.165, 1.54) is 0 Å². The second-order valence-corrected chi connectivity index (χ2v) is 7.26. The van der Waals surface area contributed by atoms with E-state index in [1.54, 1.807) is 12.1 Å². The Bertz CT molecular complexity index is 779. The van der Waals surface area contributed by atoms with Crippen LogP contribution in [0.25, 0.3) is 0 Å². The number of hydrogen-bond donors (Lipinski definition) is 4. The smallest absolute Gasteiger partial charge is 0.119 e. The van der Waals surface area contributed by atoms with Crippen molar-refractivity contribution in [1.29, 1.82) is 0 Å². The molecule has 0 spiro atoms. The number of halogens is 1. The van der Waals surface area contributed by atoms with Gasteiger partial charge in [0.1, 0.15) is 36.3 Å². The highest BCUT2D eigenvalue weighted by molar-refractivity contribution is 6.31. The first-order chi connectivity index (χ1) is 13.4. The van der Waals surface area contributed by atoms with Gasteiger partial charge in [0.05, 0.1) is 13.2 Å². The lowest BCUT2D eigenvalue weighted by atomic mass is 9.90. The van der Waals surface area contributed by atoms with E-state index < -0.39 is 37.1 Å². The molecular weight excluding hydrogens is 384 g/mol. The number of aliphatic hydroxyl groups is 4. The van der Waals surface area contributed by atoms with Crippen molar-refractivity contribution in [2.24, 2.45) is 0 Å². The molecule has 2 aromatic rings. The highest BCUT2D eigenvalue weighted by atomic mass is 35.5. The fourth-order valence-corrected chi connectivity index (χ4v) is 3.56. The van der Waals surface area contributed by atoms with Crippen LogP contribution in [0.2, 0.25) is 5.02 Å². The number of hydrogen-bond acceptors (Lipinski definition) is 6. The minimum atomic E-state index is -1.42. The number of aliphatic hydroxyl groups excluding tert-OH is 4. The Morgan fingerprint density at radius 1 is 1.00 bits per heavy atom. The summed E-state index contributed by atoms with van der Waals surface area (Å²) < 4.78 is 11.1. The van der Waals surface area contributed by atoms with Crippen LogP contribution in [-0.4, -0.2) is 58.1 Å². The predicted molar refractivity (Wildman–Crippen MR) is 105 cm³/mol. The van der Waals surface area contributed by atoms with Gasteiger partial charge in [0, 0.05) is 5.02 Å². The molecular formula is C21H25ClO6. The van der Waals surface area contributed by atoms with Crippen molar-refractivity contribution >= 4 is 11.6 Å². The van der Waals surface area contributed by atoms with E-state index >= 15 is 0 Å². The van der Waals surface area contributed by atoms with Gasteiger partial charge in [0.15, 0.2) is 0 Å². The van der Waals surface area contributed by atoms with Gasteiger partial charge in [-0.25, -0.2) is 0 Å². The maximum atomic E-state index is 10.3. The summed E-state index contributed by atoms with van der Waals surface area (Å²) in [6, 6.07) is 12.9. The van der Waals surface area contributed by atoms with Crippen LogP contribution >= 0.6 is 11.6 Å². The Hall–Kier alpha value is -1.67. The molecule has 1 fully saturated rings. The van der Waals surface area contributed by atoms with Gasteiger partial charge in [-0.3, -0.25) is 0 Å². The minimum absolute atomic E-state index is 0.464. The van der Waals surface area contributed by atoms with Crippen molar-refractivity contribution < 1.29 is 29.9 Å². The number of benzene rings is 2. The quantitative estimate of drug-likeness (QED) is 0.582. The van der Waals surface area contributed by atoms with E-state index in [1.807, 2.05) is 37.3 Å². The van der Waals surface area contributed by atoms with Gasteiger partial charge in [-0.2, -0.15) is 0 Å². The molecule has 1 aliphatic rings. The van der Waals surface area contributed by atoms with Crippen LogP contribution in [0.1, 0.15) is 29.7 Å². The highest BCUT2D eigenvalue weighted by Gasteiger charge is 2.43. The van der Waals surface area contributed by atoms with Crippen molar-refractivity contribution in [3.05, 3.63) is 64.2 Å². The summed E-state index contributed by atoms with van der Waals surface area (Å²) in [4.78, 5) is 0. The first-order valence-corrected chi connectivity index (χ1v) is 9.63. The van der Waals surface area contributed by atoms with E-state index in [0.717, 1.165) is 16.9 Å². The lowest BCUT2D eigenvalue weighted by molar-refractivity contribution is -0.231. The van der Waals surface area contributed by atoms with Gasteiger partial charge in [-0.1, -0.05) is 35.9 Å². The molecule has 6 nitrogen and oxygen atoms in total. The SMILES string of the molecule is CCOc1ccc(Cc2cc([C@@H]3OC(CO)[C@@H](O)[C@H](O)[C@@H]3O)ccc2Cl)cc1. The van der Waals surface area contributed by atoms with Crippen molar-refractivity contribution in [2.45, 2.75) is 43.9 Å². The summed E-state index contributed by atoms with van der Waals surface area (Å²) in [6.45, 7) is 2.07. The molecule has 28 heavy (non-hydrogen) atoms. The fourth-order valence-electron chi connectivity index (χ4n) is 3.37. The van der Waals surface area contributed by atoms with E-state index in [2.05, 4.69) is 0 Å². The predicted octanol–water partition coefficient (Wildman–Crippen LogP) is 1.84. The Balaban J connectivity index is 1.82. The van der Waals surface area contributed by atoms with E-state index in [0.29, 0.717) is 23.6 Å². The molecule has 152 valence electrons. The minimum Gasteiger partial charge on any atom is -0.494 e. The number of rotatable bonds is 6. The van der Waals surface area contributed by atoms with Crippen LogP contribution in [0.15, 0.2) is 42.5 Å². The zero-order chi connectivity index (χ0) is 20.3. The van der Waals surface area contributed by atoms with Gasteiger partial charge < -0.3 is 29.9 Å². The van der Waals surface area contributed by atoms with Gasteiger partial charge in [-0.15, -0.1) is 0 Å². The summed E-state index contributed by atoms with van der Waals surface area (Å²) in [5.41, 5.74) is 2.49. The molecule has 0 radical (unpaired) electrons. The summed E-state index contributed by atoms with van der Waals surface area (Å²) in [7, 11) is 0. The van der Waals surface area contributed by atoms with Crippen LogP contribution in [0.5, 0.6) is 5.75 Å². The van der Waals surface area contributed by atoms with Gasteiger partial charge in [-0.05, 0) is 48.2 Å². The lowest BCUT2D eigenvalue weighted by Crippen LogP contribution is -2.55. The average Bonchev–Trinajstić information content (AvgIpc) is 2.70. The van der Waals surface area contributed by atoms with E-state index in [9.17, 15) is 20.4 Å². The summed E-state index contributed by atoms with van der Waals surface area (Å²) in [6.07, 6.45) is -5.39. The molecule has 1 aliphatic heterocycles. The molecule has 1 unspecified atom stereocenters.